The molecule has 2 nitrogen and oxygen atoms in total. The first-order valence-electron chi connectivity index (χ1n) is 5.43. The van der Waals surface area contributed by atoms with E-state index in [0.717, 1.165) is 17.3 Å². The first-order chi connectivity index (χ1) is 8.13. The summed E-state index contributed by atoms with van der Waals surface area (Å²) in [6, 6.07) is 4.85. The molecule has 0 saturated carbocycles. The second-order valence-corrected chi connectivity index (χ2v) is 5.62. The van der Waals surface area contributed by atoms with Crippen LogP contribution in [0.5, 0.6) is 0 Å². The van der Waals surface area contributed by atoms with Crippen LogP contribution in [0.25, 0.3) is 0 Å². The van der Waals surface area contributed by atoms with Gasteiger partial charge in [-0.15, -0.1) is 0 Å². The van der Waals surface area contributed by atoms with Crippen molar-refractivity contribution in [1.82, 2.24) is 5.32 Å². The minimum Gasteiger partial charge on any atom is -0.352 e. The SMILES string of the molecule is O=C(NCCCCCI)c1cc(Cl)cc(Cl)c1. The summed E-state index contributed by atoms with van der Waals surface area (Å²) in [7, 11) is 0. The Bertz CT molecular complexity index is 365. The summed E-state index contributed by atoms with van der Waals surface area (Å²) < 4.78 is 1.16. The van der Waals surface area contributed by atoms with Crippen LogP contribution in [0, 0.1) is 0 Å². The van der Waals surface area contributed by atoms with E-state index in [1.165, 1.54) is 6.42 Å². The Morgan fingerprint density at radius 2 is 1.76 bits per heavy atom. The molecule has 0 aliphatic carbocycles. The van der Waals surface area contributed by atoms with Crippen molar-refractivity contribution in [3.63, 3.8) is 0 Å². The Kier molecular flexibility index (Phi) is 7.23. The summed E-state index contributed by atoms with van der Waals surface area (Å²) in [5.41, 5.74) is 0.511. The fraction of sp³-hybridized carbons (Fsp3) is 0.417. The highest BCUT2D eigenvalue weighted by Crippen LogP contribution is 2.18. The van der Waals surface area contributed by atoms with Crippen molar-refractivity contribution in [3.05, 3.63) is 33.8 Å². The Labute approximate surface area is 125 Å². The van der Waals surface area contributed by atoms with Gasteiger partial charge in [-0.1, -0.05) is 52.2 Å². The zero-order chi connectivity index (χ0) is 12.7. The number of alkyl halides is 1. The third-order valence-electron chi connectivity index (χ3n) is 2.22. The number of carbonyl (C=O) groups is 1. The lowest BCUT2D eigenvalue weighted by atomic mass is 10.2. The fourth-order valence-electron chi connectivity index (χ4n) is 1.39. The maximum atomic E-state index is 11.8. The standard InChI is InChI=1S/C12H14Cl2INO/c13-10-6-9(7-11(14)8-10)12(17)16-5-3-1-2-4-15/h6-8H,1-5H2,(H,16,17). The minimum absolute atomic E-state index is 0.121. The summed E-state index contributed by atoms with van der Waals surface area (Å²) in [4.78, 5) is 11.8. The van der Waals surface area contributed by atoms with E-state index < -0.39 is 0 Å². The highest BCUT2D eigenvalue weighted by molar-refractivity contribution is 14.1. The van der Waals surface area contributed by atoms with E-state index in [1.54, 1.807) is 18.2 Å². The molecule has 0 radical (unpaired) electrons. The highest BCUT2D eigenvalue weighted by Gasteiger charge is 2.06. The van der Waals surface area contributed by atoms with Crippen LogP contribution in [0.15, 0.2) is 18.2 Å². The fourth-order valence-corrected chi connectivity index (χ4v) is 2.45. The van der Waals surface area contributed by atoms with Crippen molar-refractivity contribution in [1.29, 1.82) is 0 Å². The van der Waals surface area contributed by atoms with E-state index in [4.69, 9.17) is 23.2 Å². The molecule has 0 unspecified atom stereocenters. The van der Waals surface area contributed by atoms with Crippen LogP contribution in [-0.2, 0) is 0 Å². The quantitative estimate of drug-likeness (QED) is 0.440. The first-order valence-corrected chi connectivity index (χ1v) is 7.72. The third kappa shape index (κ3) is 5.93. The molecular formula is C12H14Cl2INO. The molecule has 0 aliphatic heterocycles. The number of amides is 1. The maximum absolute atomic E-state index is 11.8. The number of carbonyl (C=O) groups excluding carboxylic acids is 1. The molecule has 94 valence electrons. The number of hydrogen-bond acceptors (Lipinski definition) is 1. The summed E-state index contributed by atoms with van der Waals surface area (Å²) in [5, 5.41) is 3.81. The average molecular weight is 386 g/mol. The largest absolute Gasteiger partial charge is 0.352 e. The van der Waals surface area contributed by atoms with Crippen LogP contribution < -0.4 is 5.32 Å². The summed E-state index contributed by atoms with van der Waals surface area (Å²) >= 11 is 14.0. The van der Waals surface area contributed by atoms with Crippen molar-refractivity contribution in [2.75, 3.05) is 11.0 Å². The number of halogens is 3. The van der Waals surface area contributed by atoms with Gasteiger partial charge in [0.1, 0.15) is 0 Å². The van der Waals surface area contributed by atoms with E-state index in [1.807, 2.05) is 0 Å². The van der Waals surface area contributed by atoms with Gasteiger partial charge in [0.15, 0.2) is 0 Å². The van der Waals surface area contributed by atoms with Crippen LogP contribution in [0.3, 0.4) is 0 Å². The Morgan fingerprint density at radius 3 is 2.35 bits per heavy atom. The smallest absolute Gasteiger partial charge is 0.251 e. The second kappa shape index (κ2) is 8.16. The van der Waals surface area contributed by atoms with Gasteiger partial charge in [0.2, 0.25) is 0 Å². The number of rotatable bonds is 6. The molecule has 0 atom stereocenters. The van der Waals surface area contributed by atoms with E-state index >= 15 is 0 Å². The van der Waals surface area contributed by atoms with Gasteiger partial charge in [-0.3, -0.25) is 4.79 Å². The van der Waals surface area contributed by atoms with Crippen molar-refractivity contribution in [2.24, 2.45) is 0 Å². The zero-order valence-corrected chi connectivity index (χ0v) is 13.0. The first kappa shape index (κ1) is 15.1. The van der Waals surface area contributed by atoms with Crippen LogP contribution in [0.1, 0.15) is 29.6 Å². The molecular weight excluding hydrogens is 372 g/mol. The summed E-state index contributed by atoms with van der Waals surface area (Å²) in [5.74, 6) is -0.121. The number of unbranched alkanes of at least 4 members (excludes halogenated alkanes) is 2. The molecule has 0 bridgehead atoms. The van der Waals surface area contributed by atoms with Crippen LogP contribution in [0.4, 0.5) is 0 Å². The molecule has 1 rings (SSSR count). The van der Waals surface area contributed by atoms with Crippen LogP contribution in [-0.4, -0.2) is 16.9 Å². The maximum Gasteiger partial charge on any atom is 0.251 e. The molecule has 5 heteroatoms. The summed E-state index contributed by atoms with van der Waals surface area (Å²) in [6.45, 7) is 0.694. The molecule has 17 heavy (non-hydrogen) atoms. The molecule has 1 aromatic carbocycles. The summed E-state index contributed by atoms with van der Waals surface area (Å²) in [6.07, 6.45) is 3.34. The highest BCUT2D eigenvalue weighted by atomic mass is 127. The van der Waals surface area contributed by atoms with Gasteiger partial charge in [-0.25, -0.2) is 0 Å². The van der Waals surface area contributed by atoms with Crippen molar-refractivity contribution in [3.8, 4) is 0 Å². The lowest BCUT2D eigenvalue weighted by Crippen LogP contribution is -2.24. The van der Waals surface area contributed by atoms with Gasteiger partial charge >= 0.3 is 0 Å². The van der Waals surface area contributed by atoms with Gasteiger partial charge in [0.25, 0.3) is 5.91 Å². The van der Waals surface area contributed by atoms with Crippen molar-refractivity contribution >= 4 is 51.7 Å². The predicted octanol–water partition coefficient (Wildman–Crippen LogP) is 4.33. The van der Waals surface area contributed by atoms with Crippen molar-refractivity contribution < 1.29 is 4.79 Å². The average Bonchev–Trinajstić information content (AvgIpc) is 2.27. The number of hydrogen-bond donors (Lipinski definition) is 1. The molecule has 0 fully saturated rings. The lowest BCUT2D eigenvalue weighted by Gasteiger charge is -2.05. The van der Waals surface area contributed by atoms with Gasteiger partial charge in [-0.2, -0.15) is 0 Å². The van der Waals surface area contributed by atoms with Crippen molar-refractivity contribution in [2.45, 2.75) is 19.3 Å². The van der Waals surface area contributed by atoms with Gasteiger partial charge < -0.3 is 5.32 Å². The number of nitrogens with one attached hydrogen (secondary N) is 1. The van der Waals surface area contributed by atoms with Crippen LogP contribution in [0.2, 0.25) is 10.0 Å². The van der Waals surface area contributed by atoms with Crippen LogP contribution >= 0.6 is 45.8 Å². The van der Waals surface area contributed by atoms with Gasteiger partial charge in [0.05, 0.1) is 0 Å². The molecule has 0 heterocycles. The second-order valence-electron chi connectivity index (χ2n) is 3.66. The monoisotopic (exact) mass is 385 g/mol. The zero-order valence-electron chi connectivity index (χ0n) is 9.31. The normalized spacial score (nSPS) is 10.3. The molecule has 0 aromatic heterocycles. The number of benzene rings is 1. The topological polar surface area (TPSA) is 29.1 Å². The molecule has 1 aromatic rings. The predicted molar refractivity (Wildman–Crippen MR) is 81.5 cm³/mol. The van der Waals surface area contributed by atoms with E-state index in [2.05, 4.69) is 27.9 Å². The van der Waals surface area contributed by atoms with Gasteiger partial charge in [-0.05, 0) is 35.5 Å². The third-order valence-corrected chi connectivity index (χ3v) is 3.42. The molecule has 1 amide bonds. The van der Waals surface area contributed by atoms with E-state index in [-0.39, 0.29) is 5.91 Å². The van der Waals surface area contributed by atoms with E-state index in [9.17, 15) is 4.79 Å². The van der Waals surface area contributed by atoms with Gasteiger partial charge in [0, 0.05) is 22.2 Å². The molecule has 0 aliphatic rings. The molecule has 0 saturated heterocycles. The molecule has 0 spiro atoms. The molecule has 1 N–H and O–H groups in total. The minimum atomic E-state index is -0.121. The van der Waals surface area contributed by atoms with E-state index in [0.29, 0.717) is 22.2 Å². The Balaban J connectivity index is 2.41. The Morgan fingerprint density at radius 1 is 1.12 bits per heavy atom. The Hall–Kier alpha value is -0.000000000000000111. The lowest BCUT2D eigenvalue weighted by molar-refractivity contribution is 0.0953.